The molecular weight excluding hydrogens is 174 g/mol. The molecule has 5 heteroatoms. The van der Waals surface area contributed by atoms with Crippen molar-refractivity contribution >= 4 is 16.9 Å². The van der Waals surface area contributed by atoms with Crippen LogP contribution in [0.5, 0.6) is 0 Å². The Hall–Kier alpha value is -2.04. The molecule has 2 N–H and O–H groups in total. The summed E-state index contributed by atoms with van der Waals surface area (Å²) >= 11 is 0. The van der Waals surface area contributed by atoms with Gasteiger partial charge in [-0.3, -0.25) is 0 Å². The molecule has 0 aliphatic carbocycles. The van der Waals surface area contributed by atoms with Gasteiger partial charge in [0.1, 0.15) is 0 Å². The van der Waals surface area contributed by atoms with Crippen LogP contribution >= 0.6 is 0 Å². The number of aromatic amines is 1. The van der Waals surface area contributed by atoms with Crippen molar-refractivity contribution in [1.29, 1.82) is 0 Å². The van der Waals surface area contributed by atoms with Crippen molar-refractivity contribution in [2.75, 3.05) is 0 Å². The number of fused-ring (bicyclic) bond motifs is 1. The van der Waals surface area contributed by atoms with E-state index < -0.39 is 11.6 Å². The monoisotopic (exact) mass is 179 g/mol. The largest absolute Gasteiger partial charge is 0.478 e. The fraction of sp³-hybridized carbons (Fsp3) is 0. The van der Waals surface area contributed by atoms with Crippen molar-refractivity contribution in [2.45, 2.75) is 0 Å². The number of rotatable bonds is 1. The van der Waals surface area contributed by atoms with Gasteiger partial charge in [-0.25, -0.2) is 14.7 Å². The molecule has 1 aromatic heterocycles. The summed E-state index contributed by atoms with van der Waals surface area (Å²) in [4.78, 5) is 21.5. The number of aromatic carboxylic acids is 1. The SMILES string of the molecule is O=C(O)c1ccc2[nH]oc(=O)c2c1. The van der Waals surface area contributed by atoms with Crippen LogP contribution < -0.4 is 5.63 Å². The first-order valence-electron chi connectivity index (χ1n) is 3.53. The van der Waals surface area contributed by atoms with Gasteiger partial charge in [0, 0.05) is 0 Å². The van der Waals surface area contributed by atoms with E-state index in [1.165, 1.54) is 18.2 Å². The smallest absolute Gasteiger partial charge is 0.365 e. The summed E-state index contributed by atoms with van der Waals surface area (Å²) in [6, 6.07) is 4.17. The Morgan fingerprint density at radius 1 is 1.46 bits per heavy atom. The molecule has 2 rings (SSSR count). The molecule has 0 atom stereocenters. The van der Waals surface area contributed by atoms with E-state index in [2.05, 4.69) is 9.68 Å². The van der Waals surface area contributed by atoms with E-state index in [9.17, 15) is 9.59 Å². The van der Waals surface area contributed by atoms with Crippen molar-refractivity contribution in [1.82, 2.24) is 5.16 Å². The Kier molecular flexibility index (Phi) is 1.45. The van der Waals surface area contributed by atoms with Gasteiger partial charge in [0.2, 0.25) is 0 Å². The van der Waals surface area contributed by atoms with Crippen LogP contribution in [0, 0.1) is 0 Å². The molecule has 2 aromatic rings. The van der Waals surface area contributed by atoms with Crippen LogP contribution in [0.3, 0.4) is 0 Å². The van der Waals surface area contributed by atoms with Crippen molar-refractivity contribution in [3.8, 4) is 0 Å². The maximum absolute atomic E-state index is 11.0. The second kappa shape index (κ2) is 2.48. The topological polar surface area (TPSA) is 83.3 Å². The molecule has 0 unspecified atom stereocenters. The summed E-state index contributed by atoms with van der Waals surface area (Å²) in [5.41, 5.74) is 0.00694. The number of nitrogens with one attached hydrogen (secondary N) is 1. The predicted octanol–water partition coefficient (Wildman–Crippen LogP) is 0.819. The molecule has 0 saturated carbocycles. The van der Waals surface area contributed by atoms with Gasteiger partial charge in [0.25, 0.3) is 0 Å². The van der Waals surface area contributed by atoms with Crippen molar-refractivity contribution < 1.29 is 14.4 Å². The van der Waals surface area contributed by atoms with Gasteiger partial charge < -0.3 is 9.63 Å². The van der Waals surface area contributed by atoms with Crippen LogP contribution in [0.15, 0.2) is 27.5 Å². The summed E-state index contributed by atoms with van der Waals surface area (Å²) in [6.45, 7) is 0. The second-order valence-corrected chi connectivity index (χ2v) is 2.56. The average Bonchev–Trinajstić information content (AvgIpc) is 2.47. The Balaban J connectivity index is 2.80. The molecule has 0 aliphatic rings. The third kappa shape index (κ3) is 1.10. The molecule has 0 amide bonds. The van der Waals surface area contributed by atoms with Gasteiger partial charge in [-0.15, -0.1) is 0 Å². The van der Waals surface area contributed by atoms with E-state index >= 15 is 0 Å². The first kappa shape index (κ1) is 7.60. The van der Waals surface area contributed by atoms with Crippen molar-refractivity contribution in [3.63, 3.8) is 0 Å². The van der Waals surface area contributed by atoms with Crippen LogP contribution in [0.1, 0.15) is 10.4 Å². The number of hydrogen-bond acceptors (Lipinski definition) is 3. The first-order valence-corrected chi connectivity index (χ1v) is 3.53. The number of carboxylic acids is 1. The number of benzene rings is 1. The minimum absolute atomic E-state index is 0.0689. The summed E-state index contributed by atoms with van der Waals surface area (Å²) in [5.74, 6) is -1.07. The van der Waals surface area contributed by atoms with Crippen molar-refractivity contribution in [3.05, 3.63) is 34.2 Å². The fourth-order valence-electron chi connectivity index (χ4n) is 1.09. The molecule has 1 aromatic carbocycles. The number of hydrogen-bond donors (Lipinski definition) is 2. The van der Waals surface area contributed by atoms with Gasteiger partial charge in [-0.1, -0.05) is 0 Å². The molecule has 0 radical (unpaired) electrons. The lowest BCUT2D eigenvalue weighted by molar-refractivity contribution is 0.0697. The van der Waals surface area contributed by atoms with Gasteiger partial charge >= 0.3 is 11.6 Å². The highest BCUT2D eigenvalue weighted by Gasteiger charge is 2.07. The van der Waals surface area contributed by atoms with Gasteiger partial charge in [-0.2, -0.15) is 0 Å². The van der Waals surface area contributed by atoms with Crippen LogP contribution in [0.2, 0.25) is 0 Å². The third-order valence-corrected chi connectivity index (χ3v) is 1.74. The second-order valence-electron chi connectivity index (χ2n) is 2.56. The summed E-state index contributed by atoms with van der Waals surface area (Å²) < 4.78 is 4.48. The molecule has 66 valence electrons. The molecule has 1 heterocycles. The average molecular weight is 179 g/mol. The summed E-state index contributed by atoms with van der Waals surface area (Å²) in [5, 5.41) is 11.3. The third-order valence-electron chi connectivity index (χ3n) is 1.74. The first-order chi connectivity index (χ1) is 6.18. The highest BCUT2D eigenvalue weighted by Crippen LogP contribution is 2.10. The van der Waals surface area contributed by atoms with E-state index in [4.69, 9.17) is 5.11 Å². The van der Waals surface area contributed by atoms with E-state index in [1.54, 1.807) is 0 Å². The number of aromatic nitrogens is 1. The predicted molar refractivity (Wildman–Crippen MR) is 43.8 cm³/mol. The van der Waals surface area contributed by atoms with E-state index in [-0.39, 0.29) is 10.9 Å². The maximum Gasteiger partial charge on any atom is 0.365 e. The van der Waals surface area contributed by atoms with Crippen LogP contribution in [-0.4, -0.2) is 16.2 Å². The molecule has 0 spiro atoms. The standard InChI is InChI=1S/C8H5NO4/c10-7(11)4-1-2-6-5(3-4)8(12)13-9-6/h1-3,9H,(H,10,11). The van der Waals surface area contributed by atoms with Gasteiger partial charge in [0.05, 0.1) is 16.5 Å². The minimum atomic E-state index is -1.07. The summed E-state index contributed by atoms with van der Waals surface area (Å²) in [7, 11) is 0. The van der Waals surface area contributed by atoms with E-state index in [0.717, 1.165) is 0 Å². The van der Waals surface area contributed by atoms with Crippen LogP contribution in [-0.2, 0) is 0 Å². The quantitative estimate of drug-likeness (QED) is 0.678. The van der Waals surface area contributed by atoms with Gasteiger partial charge in [0.15, 0.2) is 0 Å². The number of H-pyrrole nitrogens is 1. The Bertz CT molecular complexity index is 522. The van der Waals surface area contributed by atoms with Crippen LogP contribution in [0.4, 0.5) is 0 Å². The number of carboxylic acid groups (broad SMARTS) is 1. The van der Waals surface area contributed by atoms with Crippen molar-refractivity contribution in [2.24, 2.45) is 0 Å². The molecule has 13 heavy (non-hydrogen) atoms. The molecule has 0 bridgehead atoms. The molecule has 0 fully saturated rings. The Morgan fingerprint density at radius 3 is 2.92 bits per heavy atom. The fourth-order valence-corrected chi connectivity index (χ4v) is 1.09. The molecular formula is C8H5NO4. The normalized spacial score (nSPS) is 10.5. The maximum atomic E-state index is 11.0. The zero-order valence-corrected chi connectivity index (χ0v) is 6.40. The lowest BCUT2D eigenvalue weighted by atomic mass is 10.2. The minimum Gasteiger partial charge on any atom is -0.478 e. The lowest BCUT2D eigenvalue weighted by Crippen LogP contribution is -1.97. The Morgan fingerprint density at radius 2 is 2.23 bits per heavy atom. The number of carbonyl (C=O) groups is 1. The van der Waals surface area contributed by atoms with Gasteiger partial charge in [-0.05, 0) is 18.2 Å². The summed E-state index contributed by atoms with van der Waals surface area (Å²) in [6.07, 6.45) is 0. The zero-order valence-electron chi connectivity index (χ0n) is 6.40. The highest BCUT2D eigenvalue weighted by atomic mass is 16.5. The van der Waals surface area contributed by atoms with E-state index in [0.29, 0.717) is 5.52 Å². The molecule has 0 saturated heterocycles. The molecule has 0 aliphatic heterocycles. The van der Waals surface area contributed by atoms with E-state index in [1.807, 2.05) is 0 Å². The lowest BCUT2D eigenvalue weighted by Gasteiger charge is -1.91. The highest BCUT2D eigenvalue weighted by molar-refractivity contribution is 5.92. The van der Waals surface area contributed by atoms with Crippen LogP contribution in [0.25, 0.3) is 10.9 Å². The zero-order chi connectivity index (χ0) is 9.42. The Labute approximate surface area is 71.6 Å². The molecule has 5 nitrogen and oxygen atoms in total.